The molecule has 5 heterocycles. The number of oxime groups is 1. The Kier molecular flexibility index (Phi) is 17.6. The van der Waals surface area contributed by atoms with E-state index in [4.69, 9.17) is 19.5 Å². The summed E-state index contributed by atoms with van der Waals surface area (Å²) in [5, 5.41) is 31.7. The topological polar surface area (TPSA) is 191 Å². The van der Waals surface area contributed by atoms with E-state index in [2.05, 4.69) is 109 Å². The molecular weight excluding hydrogens is 1200 g/mol. The third kappa shape index (κ3) is 12.0. The third-order valence-corrected chi connectivity index (χ3v) is 19.6. The van der Waals surface area contributed by atoms with Gasteiger partial charge in [0.1, 0.15) is 33.9 Å². The summed E-state index contributed by atoms with van der Waals surface area (Å²) in [6.45, 7) is -0.124. The minimum atomic E-state index is -1.09. The minimum absolute atomic E-state index is 0.102. The largest absolute Gasteiger partial charge is 0.448 e. The van der Waals surface area contributed by atoms with Crippen molar-refractivity contribution < 1.29 is 24.0 Å². The highest BCUT2D eigenvalue weighted by Crippen LogP contribution is 2.45. The van der Waals surface area contributed by atoms with Crippen LogP contribution in [0.3, 0.4) is 0 Å². The maximum absolute atomic E-state index is 15.2. The Hall–Kier alpha value is -9.99. The number of aromatic nitrogens is 6. The molecule has 3 N–H and O–H groups in total. The highest BCUT2D eigenvalue weighted by atomic mass is 32.2. The van der Waals surface area contributed by atoms with Gasteiger partial charge in [0.15, 0.2) is 28.7 Å². The lowest BCUT2D eigenvalue weighted by Gasteiger charge is -2.49. The van der Waals surface area contributed by atoms with Gasteiger partial charge in [0.2, 0.25) is 5.16 Å². The first-order chi connectivity index (χ1) is 44.3. The number of benzene rings is 8. The van der Waals surface area contributed by atoms with E-state index in [9.17, 15) is 9.59 Å². The fourth-order valence-corrected chi connectivity index (χ4v) is 15.2. The first-order valence-electron chi connectivity index (χ1n) is 28.9. The second-order valence-corrected chi connectivity index (χ2v) is 24.9. The van der Waals surface area contributed by atoms with Gasteiger partial charge < -0.3 is 25.5 Å². The van der Waals surface area contributed by atoms with Crippen LogP contribution in [0, 0.1) is 0 Å². The number of nitrogens with zero attached hydrogens (tertiary/aromatic N) is 8. The lowest BCUT2D eigenvalue weighted by Crippen LogP contribution is -2.71. The van der Waals surface area contributed by atoms with Crippen molar-refractivity contribution in [3.05, 3.63) is 321 Å². The number of ether oxygens (including phenoxy) is 1. The van der Waals surface area contributed by atoms with Gasteiger partial charge >= 0.3 is 5.97 Å². The maximum atomic E-state index is 15.2. The van der Waals surface area contributed by atoms with Crippen molar-refractivity contribution in [1.82, 2.24) is 40.4 Å². The number of thioether (sulfide) groups is 2. The van der Waals surface area contributed by atoms with Crippen molar-refractivity contribution in [1.29, 1.82) is 0 Å². The van der Waals surface area contributed by atoms with Gasteiger partial charge in [0.05, 0.1) is 5.69 Å². The molecule has 0 bridgehead atoms. The molecule has 11 aromatic rings. The van der Waals surface area contributed by atoms with E-state index in [1.54, 1.807) is 17.1 Å². The molecule has 1 fully saturated rings. The molecule has 3 aromatic heterocycles. The smallest absolute Gasteiger partial charge is 0.356 e. The zero-order valence-corrected chi connectivity index (χ0v) is 51.6. The van der Waals surface area contributed by atoms with E-state index in [-0.39, 0.29) is 29.5 Å². The number of amides is 2. The van der Waals surface area contributed by atoms with Crippen LogP contribution >= 0.6 is 46.2 Å². The van der Waals surface area contributed by atoms with Gasteiger partial charge in [-0.1, -0.05) is 260 Å². The summed E-state index contributed by atoms with van der Waals surface area (Å²) in [6.07, 6.45) is -0.794. The molecule has 2 amide bonds. The number of tetrazole rings is 1. The second kappa shape index (κ2) is 26.8. The van der Waals surface area contributed by atoms with Crippen LogP contribution in [-0.2, 0) is 48.7 Å². The van der Waals surface area contributed by atoms with Crippen molar-refractivity contribution in [2.75, 3.05) is 22.1 Å². The van der Waals surface area contributed by atoms with Crippen LogP contribution < -0.4 is 16.0 Å². The molecule has 90 heavy (non-hydrogen) atoms. The number of esters is 1. The molecule has 20 heteroatoms. The Morgan fingerprint density at radius 2 is 1.07 bits per heavy atom. The summed E-state index contributed by atoms with van der Waals surface area (Å²) in [5.41, 5.74) is 6.96. The summed E-state index contributed by atoms with van der Waals surface area (Å²) in [6, 6.07) is 79.0. The Balaban J connectivity index is 0.825. The Morgan fingerprint density at radius 3 is 1.52 bits per heavy atom. The third-order valence-electron chi connectivity index (χ3n) is 15.6. The van der Waals surface area contributed by atoms with Crippen LogP contribution in [0.2, 0.25) is 0 Å². The molecule has 446 valence electrons. The molecule has 2 aliphatic heterocycles. The lowest BCUT2D eigenvalue weighted by molar-refractivity contribution is -0.154. The van der Waals surface area contributed by atoms with Crippen LogP contribution in [0.5, 0.6) is 0 Å². The van der Waals surface area contributed by atoms with Gasteiger partial charge in [-0.25, -0.2) is 19.4 Å². The molecule has 1 saturated heterocycles. The molecule has 0 spiro atoms. The van der Waals surface area contributed by atoms with Crippen LogP contribution in [-0.4, -0.2) is 81.5 Å². The number of rotatable bonds is 23. The van der Waals surface area contributed by atoms with Crippen molar-refractivity contribution in [2.45, 2.75) is 40.4 Å². The summed E-state index contributed by atoms with van der Waals surface area (Å²) >= 11 is 5.47. The van der Waals surface area contributed by atoms with E-state index in [0.717, 1.165) is 44.5 Å². The number of carbonyl (C=O) groups excluding carboxylic acids is 3. The van der Waals surface area contributed by atoms with Crippen molar-refractivity contribution in [3.8, 4) is 0 Å². The summed E-state index contributed by atoms with van der Waals surface area (Å²) < 4.78 is 8.00. The standard InChI is InChI=1S/C70H57N11O5S4/c1-80-68(76-78-79-80)90-44-49-43-87-64-59(63(83)81(64)60(49)65(84)86-61(47-26-10-2-11-27-47)48-28-12-3-13-29-48)73-62(82)58(57-46-89-67(72-57)75-70(53-36-20-7-21-37-53,54-38-22-8-23-39-54)55-40-24-9-25-41-55)77-85-42-56-45-88-66(71-56)74-69(50-30-14-4-15-31-50,51-32-16-5-17-33-51)52-34-18-6-19-35-52/h2-41,45-46,59,61,64H,42-44H2,1H3,(H,71,74)(H,72,75)(H,73,82)/b77-58+/t59?,64-/m1/s1. The van der Waals surface area contributed by atoms with Crippen LogP contribution in [0.4, 0.5) is 10.3 Å². The summed E-state index contributed by atoms with van der Waals surface area (Å²) in [4.78, 5) is 62.8. The molecular formula is C70H57N11O5S4. The second-order valence-electron chi connectivity index (χ2n) is 21.1. The molecule has 0 aliphatic carbocycles. The first-order valence-corrected chi connectivity index (χ1v) is 32.7. The number of fused-ring (bicyclic) bond motifs is 1. The van der Waals surface area contributed by atoms with Crippen LogP contribution in [0.25, 0.3) is 0 Å². The fraction of sp³-hybridized carbons (Fsp3) is 0.129. The zero-order chi connectivity index (χ0) is 61.3. The monoisotopic (exact) mass is 1260 g/mol. The number of carbonyl (C=O) groups is 3. The number of β-lactam (4-membered cyclic amide) rings is 1. The predicted octanol–water partition coefficient (Wildman–Crippen LogP) is 12.6. The molecule has 1 unspecified atom stereocenters. The molecule has 8 aromatic carbocycles. The van der Waals surface area contributed by atoms with Gasteiger partial charge in [-0.3, -0.25) is 14.5 Å². The highest BCUT2D eigenvalue weighted by molar-refractivity contribution is 8.01. The number of nitrogens with one attached hydrogen (secondary N) is 3. The highest BCUT2D eigenvalue weighted by Gasteiger charge is 2.55. The Labute approximate surface area is 536 Å². The molecule has 2 atom stereocenters. The average Bonchev–Trinajstić information content (AvgIpc) is 0.826. The summed E-state index contributed by atoms with van der Waals surface area (Å²) in [5.74, 6) is -1.31. The number of thiazole rings is 2. The molecule has 0 radical (unpaired) electrons. The predicted molar refractivity (Wildman–Crippen MR) is 354 cm³/mol. The number of hydrogen-bond acceptors (Lipinski definition) is 17. The van der Waals surface area contributed by atoms with Gasteiger partial charge in [-0.05, 0) is 60.5 Å². The zero-order valence-electron chi connectivity index (χ0n) is 48.4. The molecule has 13 rings (SSSR count). The SMILES string of the molecule is Cn1nnnc1SCC1=C(C(=O)OC(c2ccccc2)c2ccccc2)N2C(=O)C(NC(=O)/C(=N/OCc3csc(NC(c4ccccc4)(c4ccccc4)c4ccccc4)n3)c3csc(NC(c4ccccc4)(c4ccccc4)c4ccccc4)n3)[C@H]2SC1. The van der Waals surface area contributed by atoms with E-state index >= 15 is 4.79 Å². The minimum Gasteiger partial charge on any atom is -0.448 e. The number of anilines is 2. The van der Waals surface area contributed by atoms with Crippen molar-refractivity contribution in [3.63, 3.8) is 0 Å². The quantitative estimate of drug-likeness (QED) is 0.0137. The molecule has 16 nitrogen and oxygen atoms in total. The lowest BCUT2D eigenvalue weighted by atomic mass is 9.77. The van der Waals surface area contributed by atoms with E-state index in [1.807, 2.05) is 175 Å². The Bertz CT molecular complexity index is 4090. The van der Waals surface area contributed by atoms with E-state index in [0.29, 0.717) is 32.4 Å². The molecule has 2 aliphatic rings. The van der Waals surface area contributed by atoms with Gasteiger partial charge in [-0.2, -0.15) is 0 Å². The molecule has 0 saturated carbocycles. The van der Waals surface area contributed by atoms with Gasteiger partial charge in [0, 0.05) is 29.3 Å². The summed E-state index contributed by atoms with van der Waals surface area (Å²) in [7, 11) is 1.73. The number of aryl methyl sites for hydroxylation is 1. The van der Waals surface area contributed by atoms with Crippen LogP contribution in [0.1, 0.15) is 62.0 Å². The Morgan fingerprint density at radius 1 is 0.622 bits per heavy atom. The van der Waals surface area contributed by atoms with Gasteiger partial charge in [0.25, 0.3) is 11.8 Å². The van der Waals surface area contributed by atoms with Crippen LogP contribution in [0.15, 0.2) is 275 Å². The normalized spacial score (nSPS) is 15.0. The average molecular weight is 1260 g/mol. The maximum Gasteiger partial charge on any atom is 0.356 e. The van der Waals surface area contributed by atoms with Crippen molar-refractivity contribution in [2.24, 2.45) is 12.2 Å². The fourth-order valence-electron chi connectivity index (χ4n) is 11.4. The number of hydrogen-bond donors (Lipinski definition) is 3. The van der Waals surface area contributed by atoms with E-state index in [1.165, 1.54) is 51.1 Å². The van der Waals surface area contributed by atoms with Gasteiger partial charge in [-0.15, -0.1) is 39.5 Å². The van der Waals surface area contributed by atoms with Crippen molar-refractivity contribution >= 4 is 80.0 Å². The first kappa shape index (κ1) is 59.0. The van der Waals surface area contributed by atoms with E-state index < -0.39 is 46.4 Å².